The molecule has 1 atom stereocenters. The van der Waals surface area contributed by atoms with Crippen LogP contribution in [0.3, 0.4) is 0 Å². The summed E-state index contributed by atoms with van der Waals surface area (Å²) >= 11 is 0. The van der Waals surface area contributed by atoms with E-state index in [1.807, 2.05) is 0 Å². The summed E-state index contributed by atoms with van der Waals surface area (Å²) in [5, 5.41) is 4.59. The Bertz CT molecular complexity index is 998. The number of hydrogen-bond acceptors (Lipinski definition) is 2. The van der Waals surface area contributed by atoms with Crippen LogP contribution in [0.5, 0.6) is 0 Å². The number of nitrogens with zero attached hydrogens (tertiary/aromatic N) is 1. The summed E-state index contributed by atoms with van der Waals surface area (Å²) < 4.78 is 0. The van der Waals surface area contributed by atoms with Gasteiger partial charge in [0.05, 0.1) is 11.7 Å². The summed E-state index contributed by atoms with van der Waals surface area (Å²) in [6.07, 6.45) is 3.35. The molecule has 0 saturated heterocycles. The van der Waals surface area contributed by atoms with Crippen LogP contribution in [0.4, 0.5) is 11.4 Å². The molecule has 0 amide bonds. The van der Waals surface area contributed by atoms with E-state index < -0.39 is 0 Å². The van der Waals surface area contributed by atoms with E-state index in [2.05, 4.69) is 145 Å². The van der Waals surface area contributed by atoms with Gasteiger partial charge in [-0.1, -0.05) is 141 Å². The van der Waals surface area contributed by atoms with Gasteiger partial charge in [-0.15, -0.1) is 0 Å². The molecule has 2 aromatic carbocycles. The fourth-order valence-corrected chi connectivity index (χ4v) is 9.30. The lowest BCUT2D eigenvalue weighted by Crippen LogP contribution is -2.34. The van der Waals surface area contributed by atoms with Gasteiger partial charge in [0, 0.05) is 11.9 Å². The molecule has 1 unspecified atom stereocenters. The molecule has 0 fully saturated rings. The van der Waals surface area contributed by atoms with Gasteiger partial charge in [0.2, 0.25) is 0 Å². The van der Waals surface area contributed by atoms with Crippen LogP contribution in [-0.2, 0) is 0 Å². The standard InChI is InChI=1S/C35H57N2P/c1-23(2)28-17-15-18-29(24(3)4)32(28)36-21-27(22-38(34(9,10)11)35(12,13)14)37-33-30(25(5)6)19-16-20-31(33)26(7)8/h15-21,23-27,37H,22H2,1-14H3. The van der Waals surface area contributed by atoms with Crippen molar-refractivity contribution in [2.45, 2.75) is 137 Å². The number of benzene rings is 2. The van der Waals surface area contributed by atoms with Crippen molar-refractivity contribution in [2.75, 3.05) is 11.5 Å². The third-order valence-corrected chi connectivity index (χ3v) is 11.4. The quantitative estimate of drug-likeness (QED) is 0.237. The van der Waals surface area contributed by atoms with E-state index >= 15 is 0 Å². The molecule has 2 nitrogen and oxygen atoms in total. The van der Waals surface area contributed by atoms with Crippen LogP contribution < -0.4 is 5.32 Å². The zero-order valence-electron chi connectivity index (χ0n) is 27.0. The van der Waals surface area contributed by atoms with Crippen molar-refractivity contribution in [3.8, 4) is 0 Å². The molecule has 0 radical (unpaired) electrons. The maximum absolute atomic E-state index is 5.33. The highest BCUT2D eigenvalue weighted by Gasteiger charge is 2.36. The van der Waals surface area contributed by atoms with E-state index in [1.165, 1.54) is 33.6 Å². The van der Waals surface area contributed by atoms with Crippen LogP contribution in [-0.4, -0.2) is 28.7 Å². The number of aliphatic imine (C=N–C) groups is 1. The molecule has 0 aromatic heterocycles. The molecule has 2 aromatic rings. The molecule has 0 heterocycles. The van der Waals surface area contributed by atoms with Crippen molar-refractivity contribution in [3.05, 3.63) is 58.7 Å². The summed E-state index contributed by atoms with van der Waals surface area (Å²) in [5.74, 6) is 1.77. The largest absolute Gasteiger partial charge is 0.376 e. The second-order valence-corrected chi connectivity index (χ2v) is 18.1. The normalized spacial score (nSPS) is 14.1. The highest BCUT2D eigenvalue weighted by molar-refractivity contribution is 7.60. The van der Waals surface area contributed by atoms with Crippen LogP contribution in [0, 0.1) is 0 Å². The van der Waals surface area contributed by atoms with Gasteiger partial charge in [0.25, 0.3) is 0 Å². The van der Waals surface area contributed by atoms with Crippen LogP contribution >= 0.6 is 7.92 Å². The van der Waals surface area contributed by atoms with Crippen LogP contribution in [0.2, 0.25) is 0 Å². The van der Waals surface area contributed by atoms with Crippen molar-refractivity contribution in [1.29, 1.82) is 0 Å². The van der Waals surface area contributed by atoms with Crippen LogP contribution in [0.1, 0.15) is 143 Å². The third kappa shape index (κ3) is 8.42. The Morgan fingerprint density at radius 2 is 1.03 bits per heavy atom. The summed E-state index contributed by atoms with van der Waals surface area (Å²) in [5.41, 5.74) is 7.96. The average Bonchev–Trinajstić information content (AvgIpc) is 2.78. The second-order valence-electron chi connectivity index (χ2n) is 14.2. The number of hydrogen-bond donors (Lipinski definition) is 1. The molecule has 212 valence electrons. The lowest BCUT2D eigenvalue weighted by Gasteiger charge is -2.43. The summed E-state index contributed by atoms with van der Waals surface area (Å²) in [6, 6.07) is 13.7. The maximum Gasteiger partial charge on any atom is 0.0695 e. The highest BCUT2D eigenvalue weighted by Crippen LogP contribution is 2.59. The van der Waals surface area contributed by atoms with E-state index in [0.29, 0.717) is 23.7 Å². The SMILES string of the molecule is CC(C)c1cccc(C(C)C)c1N=CC(CP(C(C)(C)C)C(C)(C)C)Nc1c(C(C)C)cccc1C(C)C. The first-order valence-electron chi connectivity index (χ1n) is 14.8. The Labute approximate surface area is 237 Å². The van der Waals surface area contributed by atoms with Crippen LogP contribution in [0.25, 0.3) is 0 Å². The van der Waals surface area contributed by atoms with E-state index in [4.69, 9.17) is 4.99 Å². The Morgan fingerprint density at radius 3 is 1.37 bits per heavy atom. The molecule has 0 spiro atoms. The average molecular weight is 537 g/mol. The van der Waals surface area contributed by atoms with Gasteiger partial charge in [-0.05, 0) is 62.4 Å². The van der Waals surface area contributed by atoms with Gasteiger partial charge in [0.15, 0.2) is 0 Å². The van der Waals surface area contributed by atoms with Crippen LogP contribution in [0.15, 0.2) is 41.4 Å². The minimum Gasteiger partial charge on any atom is -0.376 e. The zero-order valence-corrected chi connectivity index (χ0v) is 27.9. The monoisotopic (exact) mass is 536 g/mol. The summed E-state index contributed by atoms with van der Waals surface area (Å²) in [6.45, 7) is 32.9. The number of nitrogens with one attached hydrogen (secondary N) is 1. The predicted molar refractivity (Wildman–Crippen MR) is 176 cm³/mol. The molecule has 0 saturated carbocycles. The van der Waals surface area contributed by atoms with Gasteiger partial charge < -0.3 is 5.32 Å². The van der Waals surface area contributed by atoms with E-state index in [0.717, 1.165) is 6.16 Å². The van der Waals surface area contributed by atoms with Crippen molar-refractivity contribution in [3.63, 3.8) is 0 Å². The van der Waals surface area contributed by atoms with Gasteiger partial charge in [-0.3, -0.25) is 4.99 Å². The first-order chi connectivity index (χ1) is 17.4. The molecular formula is C35H57N2P. The van der Waals surface area contributed by atoms with E-state index in [-0.39, 0.29) is 24.3 Å². The minimum absolute atomic E-state index is 0.150. The van der Waals surface area contributed by atoms with Gasteiger partial charge >= 0.3 is 0 Å². The number of anilines is 1. The van der Waals surface area contributed by atoms with E-state index in [9.17, 15) is 0 Å². The fourth-order valence-electron chi connectivity index (χ4n) is 5.61. The molecule has 0 aliphatic carbocycles. The zero-order chi connectivity index (χ0) is 29.0. The Hall–Kier alpha value is -1.66. The minimum atomic E-state index is -0.303. The second kappa shape index (κ2) is 13.1. The molecule has 0 bridgehead atoms. The molecule has 38 heavy (non-hydrogen) atoms. The number of rotatable bonds is 10. The smallest absolute Gasteiger partial charge is 0.0695 e. The Balaban J connectivity index is 2.71. The molecule has 0 aliphatic heterocycles. The molecule has 2 rings (SSSR count). The van der Waals surface area contributed by atoms with E-state index in [1.54, 1.807) is 0 Å². The Morgan fingerprint density at radius 1 is 0.658 bits per heavy atom. The lowest BCUT2D eigenvalue weighted by molar-refractivity contribution is 0.701. The van der Waals surface area contributed by atoms with Crippen molar-refractivity contribution in [2.24, 2.45) is 4.99 Å². The summed E-state index contributed by atoms with van der Waals surface area (Å²) in [4.78, 5) is 5.33. The lowest BCUT2D eigenvalue weighted by atomic mass is 9.92. The van der Waals surface area contributed by atoms with Gasteiger partial charge in [0.1, 0.15) is 0 Å². The molecule has 3 heteroatoms. The maximum atomic E-state index is 5.33. The first kappa shape index (κ1) is 32.6. The summed E-state index contributed by atoms with van der Waals surface area (Å²) in [7, 11) is -0.303. The van der Waals surface area contributed by atoms with Gasteiger partial charge in [-0.25, -0.2) is 0 Å². The Kier molecular flexibility index (Phi) is 11.2. The predicted octanol–water partition coefficient (Wildman–Crippen LogP) is 11.4. The number of para-hydroxylation sites is 2. The third-order valence-electron chi connectivity index (χ3n) is 7.43. The highest BCUT2D eigenvalue weighted by atomic mass is 31.1. The molecule has 1 N–H and O–H groups in total. The fraction of sp³-hybridized carbons (Fsp3) is 0.629. The van der Waals surface area contributed by atoms with Crippen molar-refractivity contribution in [1.82, 2.24) is 0 Å². The topological polar surface area (TPSA) is 24.4 Å². The van der Waals surface area contributed by atoms with Crippen molar-refractivity contribution >= 4 is 25.5 Å². The van der Waals surface area contributed by atoms with Gasteiger partial charge in [-0.2, -0.15) is 0 Å². The first-order valence-corrected chi connectivity index (χ1v) is 16.3. The molecular weight excluding hydrogens is 479 g/mol. The molecule has 0 aliphatic rings. The van der Waals surface area contributed by atoms with Crippen molar-refractivity contribution < 1.29 is 0 Å².